The van der Waals surface area contributed by atoms with Crippen LogP contribution in [0, 0.1) is 0 Å². The number of H-pyrrole nitrogens is 4. The van der Waals surface area contributed by atoms with Gasteiger partial charge >= 0.3 is 0 Å². The van der Waals surface area contributed by atoms with Gasteiger partial charge in [-0.05, 0) is 0 Å². The van der Waals surface area contributed by atoms with Crippen molar-refractivity contribution in [3.8, 4) is 0 Å². The molecule has 4 aromatic rings. The van der Waals surface area contributed by atoms with Crippen molar-refractivity contribution in [3.05, 3.63) is 72.9 Å². The number of amides is 3. The van der Waals surface area contributed by atoms with Gasteiger partial charge in [-0.1, -0.05) is 0 Å². The maximum atomic E-state index is 13.5. The molecule has 0 aromatic carbocycles. The number of nitrogens with zero attached hydrogens (tertiary/aromatic N) is 4. The molecule has 0 spiro atoms. The van der Waals surface area contributed by atoms with E-state index in [1.165, 1.54) is 37.7 Å². The zero-order valence-electron chi connectivity index (χ0n) is 21.3. The Kier molecular flexibility index (Phi) is 9.49. The fraction of sp³-hybridized carbons (Fsp3) is 0.333. The molecule has 0 radical (unpaired) electrons. The molecular weight excluding hydrogens is 520 g/mol. The van der Waals surface area contributed by atoms with Crippen LogP contribution >= 0.6 is 0 Å². The van der Waals surface area contributed by atoms with Crippen molar-refractivity contribution in [3.63, 3.8) is 0 Å². The average Bonchev–Trinajstić information content (AvgIpc) is 3.76. The average molecular weight is 551 g/mol. The molecule has 0 aliphatic heterocycles. The quantitative estimate of drug-likeness (QED) is 0.0749. The molecule has 210 valence electrons. The Labute approximate surface area is 227 Å². The number of hydrogen-bond acceptors (Lipinski definition) is 9. The molecule has 0 saturated carbocycles. The Hall–Kier alpha value is -5.12. The lowest BCUT2D eigenvalue weighted by molar-refractivity contribution is -0.133. The van der Waals surface area contributed by atoms with Crippen LogP contribution in [0.25, 0.3) is 0 Å². The highest BCUT2D eigenvalue weighted by molar-refractivity contribution is 5.93. The first-order valence-electron chi connectivity index (χ1n) is 12.4. The molecule has 0 bridgehead atoms. The predicted octanol–water partition coefficient (Wildman–Crippen LogP) is -2.17. The van der Waals surface area contributed by atoms with Crippen LogP contribution in [0.15, 0.2) is 50.1 Å². The maximum Gasteiger partial charge on any atom is 0.243 e. The van der Waals surface area contributed by atoms with Gasteiger partial charge in [0.15, 0.2) is 0 Å². The summed E-state index contributed by atoms with van der Waals surface area (Å²) in [6.07, 6.45) is 13.1. The summed E-state index contributed by atoms with van der Waals surface area (Å²) in [4.78, 5) is 78.7. The molecule has 16 nitrogen and oxygen atoms in total. The highest BCUT2D eigenvalue weighted by atomic mass is 16.2. The van der Waals surface area contributed by atoms with E-state index in [2.05, 4.69) is 55.8 Å². The normalized spacial score (nSPS) is 14.0. The van der Waals surface area contributed by atoms with Crippen molar-refractivity contribution < 1.29 is 19.2 Å². The lowest BCUT2D eigenvalue weighted by Crippen LogP contribution is -2.58. The molecule has 4 atom stereocenters. The zero-order chi connectivity index (χ0) is 28.3. The fourth-order valence-corrected chi connectivity index (χ4v) is 3.98. The lowest BCUT2D eigenvalue weighted by atomic mass is 10.1. The Bertz CT molecular complexity index is 1340. The minimum absolute atomic E-state index is 0.0528. The topological polar surface area (TPSA) is 245 Å². The van der Waals surface area contributed by atoms with Gasteiger partial charge in [0.1, 0.15) is 18.4 Å². The molecule has 0 fully saturated rings. The van der Waals surface area contributed by atoms with Crippen molar-refractivity contribution in [1.82, 2.24) is 55.8 Å². The van der Waals surface area contributed by atoms with Crippen molar-refractivity contribution in [2.24, 2.45) is 5.73 Å². The van der Waals surface area contributed by atoms with Gasteiger partial charge in [0.2, 0.25) is 17.7 Å². The number of aldehydes is 1. The van der Waals surface area contributed by atoms with Gasteiger partial charge < -0.3 is 46.4 Å². The fourth-order valence-electron chi connectivity index (χ4n) is 3.98. The minimum Gasteiger partial charge on any atom is -0.348 e. The molecule has 9 N–H and O–H groups in total. The van der Waals surface area contributed by atoms with E-state index in [0.29, 0.717) is 29.1 Å². The van der Waals surface area contributed by atoms with Gasteiger partial charge in [0.05, 0.1) is 37.4 Å². The Morgan fingerprint density at radius 2 is 1.05 bits per heavy atom. The van der Waals surface area contributed by atoms with Crippen LogP contribution in [-0.2, 0) is 44.9 Å². The van der Waals surface area contributed by atoms with Crippen LogP contribution in [0.4, 0.5) is 0 Å². The summed E-state index contributed by atoms with van der Waals surface area (Å²) in [5, 5.41) is 8.03. The molecule has 0 unspecified atom stereocenters. The molecule has 0 aliphatic rings. The second-order valence-corrected chi connectivity index (χ2v) is 9.10. The third kappa shape index (κ3) is 7.94. The smallest absolute Gasteiger partial charge is 0.243 e. The van der Waals surface area contributed by atoms with Gasteiger partial charge in [-0.2, -0.15) is 0 Å². The van der Waals surface area contributed by atoms with Crippen LogP contribution in [0.5, 0.6) is 0 Å². The van der Waals surface area contributed by atoms with E-state index in [1.807, 2.05) is 0 Å². The summed E-state index contributed by atoms with van der Waals surface area (Å²) in [7, 11) is 0. The van der Waals surface area contributed by atoms with Crippen molar-refractivity contribution in [2.45, 2.75) is 49.9 Å². The number of aromatic amines is 4. The van der Waals surface area contributed by atoms with Gasteiger partial charge in [-0.3, -0.25) is 14.4 Å². The van der Waals surface area contributed by atoms with E-state index in [4.69, 9.17) is 5.73 Å². The van der Waals surface area contributed by atoms with E-state index in [0.717, 1.165) is 0 Å². The molecule has 4 heterocycles. The number of carbonyl (C=O) groups excluding carboxylic acids is 4. The second-order valence-electron chi connectivity index (χ2n) is 9.10. The number of carbonyl (C=O) groups is 4. The number of aromatic nitrogens is 8. The summed E-state index contributed by atoms with van der Waals surface area (Å²) in [6.45, 7) is 0. The monoisotopic (exact) mass is 550 g/mol. The number of nitrogens with two attached hydrogens (primary N) is 1. The van der Waals surface area contributed by atoms with E-state index >= 15 is 0 Å². The minimum atomic E-state index is -1.10. The number of nitrogens with one attached hydrogen (secondary N) is 7. The van der Waals surface area contributed by atoms with Crippen molar-refractivity contribution in [1.29, 1.82) is 0 Å². The van der Waals surface area contributed by atoms with Crippen LogP contribution in [-0.4, -0.2) is 88.0 Å². The van der Waals surface area contributed by atoms with Gasteiger partial charge in [0, 0.05) is 73.2 Å². The first-order chi connectivity index (χ1) is 19.4. The van der Waals surface area contributed by atoms with E-state index in [-0.39, 0.29) is 25.7 Å². The zero-order valence-corrected chi connectivity index (χ0v) is 21.3. The molecule has 0 saturated heterocycles. The first-order valence-corrected chi connectivity index (χ1v) is 12.4. The van der Waals surface area contributed by atoms with Gasteiger partial charge in [0.25, 0.3) is 0 Å². The van der Waals surface area contributed by atoms with E-state index in [1.54, 1.807) is 12.4 Å². The highest BCUT2D eigenvalue weighted by Crippen LogP contribution is 2.06. The van der Waals surface area contributed by atoms with E-state index in [9.17, 15) is 19.2 Å². The summed E-state index contributed by atoms with van der Waals surface area (Å²) in [6, 6.07) is -4.02. The van der Waals surface area contributed by atoms with E-state index < -0.39 is 41.9 Å². The SMILES string of the molecule is N[C@@H](Cc1cnc[nH]1)C(=O)N[C@@H](Cc1cnc[nH]1)C(=O)N[C@@H](Cc1cnc[nH]1)C(=O)N[C@H](C=O)Cc1cnc[nH]1. The largest absolute Gasteiger partial charge is 0.348 e. The summed E-state index contributed by atoms with van der Waals surface area (Å²) < 4.78 is 0. The standard InChI is InChI=1S/C24H30N12O4/c25-19(2-15-6-27-11-31-15)22(38)35-21(4-17-8-29-13-33-17)24(40)36-20(3-16-7-28-12-32-16)23(39)34-18(9-37)1-14-5-26-10-30-14/h5-13,18-21H,1-4,25H2,(H,26,30)(H,27,31)(H,28,32)(H,29,33)(H,34,39)(H,35,38)(H,36,40)/t18-,19-,20-,21-/m0/s1. The summed E-state index contributed by atoms with van der Waals surface area (Å²) >= 11 is 0. The molecule has 4 aromatic heterocycles. The van der Waals surface area contributed by atoms with Crippen molar-refractivity contribution >= 4 is 24.0 Å². The molecule has 3 amide bonds. The van der Waals surface area contributed by atoms with Crippen LogP contribution < -0.4 is 21.7 Å². The Morgan fingerprint density at radius 3 is 1.48 bits per heavy atom. The van der Waals surface area contributed by atoms with Crippen LogP contribution in [0.2, 0.25) is 0 Å². The predicted molar refractivity (Wildman–Crippen MR) is 139 cm³/mol. The third-order valence-corrected chi connectivity index (χ3v) is 6.04. The molecule has 40 heavy (non-hydrogen) atoms. The lowest BCUT2D eigenvalue weighted by Gasteiger charge is -2.24. The summed E-state index contributed by atoms with van der Waals surface area (Å²) in [5.74, 6) is -1.79. The second kappa shape index (κ2) is 13.6. The van der Waals surface area contributed by atoms with Gasteiger partial charge in [-0.15, -0.1) is 0 Å². The Balaban J connectivity index is 1.47. The number of rotatable bonds is 15. The number of imidazole rings is 4. The van der Waals surface area contributed by atoms with Crippen molar-refractivity contribution in [2.75, 3.05) is 0 Å². The van der Waals surface area contributed by atoms with Crippen LogP contribution in [0.3, 0.4) is 0 Å². The molecule has 4 rings (SSSR count). The highest BCUT2D eigenvalue weighted by Gasteiger charge is 2.30. The first kappa shape index (κ1) is 27.9. The Morgan fingerprint density at radius 1 is 0.650 bits per heavy atom. The number of hydrogen-bond donors (Lipinski definition) is 8. The molecule has 0 aliphatic carbocycles. The molecular formula is C24H30N12O4. The van der Waals surface area contributed by atoms with Crippen LogP contribution in [0.1, 0.15) is 22.8 Å². The maximum absolute atomic E-state index is 13.5. The van der Waals surface area contributed by atoms with Gasteiger partial charge in [-0.25, -0.2) is 19.9 Å². The summed E-state index contributed by atoms with van der Waals surface area (Å²) in [5.41, 5.74) is 8.54. The third-order valence-electron chi connectivity index (χ3n) is 6.04. The molecule has 16 heteroatoms.